The third-order valence-electron chi connectivity index (χ3n) is 4.07. The molecule has 1 N–H and O–H groups in total. The van der Waals surface area contributed by atoms with Crippen LogP contribution in [0.1, 0.15) is 46.4 Å². The predicted octanol–water partition coefficient (Wildman–Crippen LogP) is 2.55. The Morgan fingerprint density at radius 3 is 2.35 bits per heavy atom. The van der Waals surface area contributed by atoms with Crippen LogP contribution in [0.25, 0.3) is 11.0 Å². The van der Waals surface area contributed by atoms with Gasteiger partial charge in [-0.3, -0.25) is 14.4 Å². The predicted molar refractivity (Wildman–Crippen MR) is 93.3 cm³/mol. The van der Waals surface area contributed by atoms with E-state index in [1.807, 2.05) is 7.05 Å². The Labute approximate surface area is 137 Å². The van der Waals surface area contributed by atoms with Crippen molar-refractivity contribution in [2.75, 3.05) is 13.1 Å². The quantitative estimate of drug-likeness (QED) is 0.812. The molecule has 0 fully saturated rings. The highest BCUT2D eigenvalue weighted by atomic mass is 16.1. The first-order valence-corrected chi connectivity index (χ1v) is 8.50. The van der Waals surface area contributed by atoms with Crippen LogP contribution >= 0.6 is 0 Å². The van der Waals surface area contributed by atoms with Gasteiger partial charge < -0.3 is 4.98 Å². The van der Waals surface area contributed by atoms with Crippen molar-refractivity contribution in [3.8, 4) is 0 Å². The molecule has 0 aliphatic rings. The average Bonchev–Trinajstić information content (AvgIpc) is 2.84. The molecule has 2 aromatic rings. The van der Waals surface area contributed by atoms with E-state index in [9.17, 15) is 4.79 Å². The van der Waals surface area contributed by atoms with E-state index in [4.69, 9.17) is 0 Å². The Morgan fingerprint density at radius 2 is 1.78 bits per heavy atom. The van der Waals surface area contributed by atoms with Crippen molar-refractivity contribution < 1.29 is 0 Å². The molecule has 2 rings (SSSR count). The minimum Gasteiger partial charge on any atom is -0.309 e. The zero-order valence-electron chi connectivity index (χ0n) is 15.0. The molecular weight excluding hydrogens is 290 g/mol. The van der Waals surface area contributed by atoms with Crippen molar-refractivity contribution in [2.24, 2.45) is 18.9 Å². The minimum absolute atomic E-state index is 0.106. The lowest BCUT2D eigenvalue weighted by Crippen LogP contribution is -2.29. The number of nitrogens with one attached hydrogen (secondary N) is 1. The summed E-state index contributed by atoms with van der Waals surface area (Å²) in [5.74, 6) is 2.06. The maximum atomic E-state index is 12.2. The first-order valence-electron chi connectivity index (χ1n) is 8.50. The van der Waals surface area contributed by atoms with Gasteiger partial charge in [-0.1, -0.05) is 27.7 Å². The van der Waals surface area contributed by atoms with Gasteiger partial charge in [-0.2, -0.15) is 5.10 Å². The van der Waals surface area contributed by atoms with Gasteiger partial charge in [-0.05, 0) is 37.8 Å². The summed E-state index contributed by atoms with van der Waals surface area (Å²) in [6.45, 7) is 11.7. The second kappa shape index (κ2) is 7.73. The van der Waals surface area contributed by atoms with Gasteiger partial charge in [-0.15, -0.1) is 0 Å². The van der Waals surface area contributed by atoms with E-state index in [1.54, 1.807) is 10.9 Å². The van der Waals surface area contributed by atoms with Crippen LogP contribution in [0.4, 0.5) is 0 Å². The molecule has 0 bridgehead atoms. The highest BCUT2D eigenvalue weighted by Crippen LogP contribution is 2.10. The highest BCUT2D eigenvalue weighted by Gasteiger charge is 2.13. The monoisotopic (exact) mass is 319 g/mol. The molecule has 0 saturated carbocycles. The van der Waals surface area contributed by atoms with Crippen LogP contribution in [-0.2, 0) is 13.6 Å². The molecule has 2 aromatic heterocycles. The maximum Gasteiger partial charge on any atom is 0.262 e. The van der Waals surface area contributed by atoms with Crippen molar-refractivity contribution in [3.63, 3.8) is 0 Å². The van der Waals surface area contributed by atoms with Crippen molar-refractivity contribution in [1.29, 1.82) is 0 Å². The van der Waals surface area contributed by atoms with E-state index >= 15 is 0 Å². The fourth-order valence-electron chi connectivity index (χ4n) is 2.52. The van der Waals surface area contributed by atoms with Gasteiger partial charge >= 0.3 is 0 Å². The van der Waals surface area contributed by atoms with Crippen molar-refractivity contribution in [1.82, 2.24) is 24.6 Å². The number of rotatable bonds is 8. The van der Waals surface area contributed by atoms with E-state index in [-0.39, 0.29) is 5.56 Å². The van der Waals surface area contributed by atoms with E-state index in [1.165, 1.54) is 0 Å². The van der Waals surface area contributed by atoms with Crippen molar-refractivity contribution in [3.05, 3.63) is 22.4 Å². The lowest BCUT2D eigenvalue weighted by atomic mass is 10.1. The minimum atomic E-state index is -0.106. The Kier molecular flexibility index (Phi) is 5.93. The SMILES string of the molecule is CC(C)CCN(CCC(C)C)Cc1nc2c(cnn2C)c(=O)[nH]1. The van der Waals surface area contributed by atoms with Crippen LogP contribution in [0, 0.1) is 11.8 Å². The fraction of sp³-hybridized carbons (Fsp3) is 0.706. The first-order chi connectivity index (χ1) is 10.9. The molecule has 0 radical (unpaired) electrons. The molecule has 6 nitrogen and oxygen atoms in total. The molecular formula is C17H29N5O. The summed E-state index contributed by atoms with van der Waals surface area (Å²) in [7, 11) is 1.81. The lowest BCUT2D eigenvalue weighted by Gasteiger charge is -2.23. The zero-order chi connectivity index (χ0) is 17.0. The van der Waals surface area contributed by atoms with E-state index < -0.39 is 0 Å². The summed E-state index contributed by atoms with van der Waals surface area (Å²) in [5, 5.41) is 4.66. The standard InChI is InChI=1S/C17H29N5O/c1-12(2)6-8-22(9-7-13(3)4)11-15-19-16-14(17(23)20-15)10-18-21(16)5/h10,12-13H,6-9,11H2,1-5H3,(H,19,20,23). The Balaban J connectivity index is 2.16. The van der Waals surface area contributed by atoms with Crippen LogP contribution < -0.4 is 5.56 Å². The second-order valence-electron chi connectivity index (χ2n) is 7.16. The summed E-state index contributed by atoms with van der Waals surface area (Å²) in [4.78, 5) is 22.0. The Hall–Kier alpha value is -1.69. The smallest absolute Gasteiger partial charge is 0.262 e. The fourth-order valence-corrected chi connectivity index (χ4v) is 2.52. The summed E-state index contributed by atoms with van der Waals surface area (Å²) in [5.41, 5.74) is 0.544. The highest BCUT2D eigenvalue weighted by molar-refractivity contribution is 5.72. The molecule has 0 unspecified atom stereocenters. The van der Waals surface area contributed by atoms with Gasteiger partial charge in [0.15, 0.2) is 5.65 Å². The number of aryl methyl sites for hydroxylation is 1. The molecule has 0 aliphatic carbocycles. The third kappa shape index (κ3) is 4.89. The second-order valence-corrected chi connectivity index (χ2v) is 7.16. The number of aromatic amines is 1. The van der Waals surface area contributed by atoms with Gasteiger partial charge in [0, 0.05) is 7.05 Å². The molecule has 0 aromatic carbocycles. The largest absolute Gasteiger partial charge is 0.309 e. The number of hydrogen-bond donors (Lipinski definition) is 1. The van der Waals surface area contributed by atoms with Crippen molar-refractivity contribution >= 4 is 11.0 Å². The van der Waals surface area contributed by atoms with Gasteiger partial charge in [0.05, 0.1) is 12.7 Å². The van der Waals surface area contributed by atoms with Gasteiger partial charge in [-0.25, -0.2) is 4.98 Å². The van der Waals surface area contributed by atoms with Crippen LogP contribution in [0.3, 0.4) is 0 Å². The summed E-state index contributed by atoms with van der Waals surface area (Å²) < 4.78 is 1.65. The molecule has 2 heterocycles. The number of hydrogen-bond acceptors (Lipinski definition) is 4. The number of H-pyrrole nitrogens is 1. The Morgan fingerprint density at radius 1 is 1.17 bits per heavy atom. The molecule has 0 aliphatic heterocycles. The van der Waals surface area contributed by atoms with Gasteiger partial charge in [0.2, 0.25) is 0 Å². The molecule has 0 spiro atoms. The van der Waals surface area contributed by atoms with Gasteiger partial charge in [0.1, 0.15) is 11.2 Å². The summed E-state index contributed by atoms with van der Waals surface area (Å²) in [6, 6.07) is 0. The molecule has 0 atom stereocenters. The van der Waals surface area contributed by atoms with E-state index in [0.29, 0.717) is 29.4 Å². The number of aromatic nitrogens is 4. The van der Waals surface area contributed by atoms with Crippen molar-refractivity contribution in [2.45, 2.75) is 47.1 Å². The number of nitrogens with zero attached hydrogens (tertiary/aromatic N) is 4. The summed E-state index contributed by atoms with van der Waals surface area (Å²) in [6.07, 6.45) is 3.87. The third-order valence-corrected chi connectivity index (χ3v) is 4.07. The Bertz CT molecular complexity index is 674. The maximum absolute atomic E-state index is 12.2. The average molecular weight is 319 g/mol. The van der Waals surface area contributed by atoms with E-state index in [2.05, 4.69) is 47.7 Å². The lowest BCUT2D eigenvalue weighted by molar-refractivity contribution is 0.230. The van der Waals surface area contributed by atoms with Crippen LogP contribution in [-0.4, -0.2) is 37.7 Å². The molecule has 0 amide bonds. The van der Waals surface area contributed by atoms with Gasteiger partial charge in [0.25, 0.3) is 5.56 Å². The molecule has 6 heteroatoms. The van der Waals surface area contributed by atoms with Crippen LogP contribution in [0.5, 0.6) is 0 Å². The molecule has 0 saturated heterocycles. The summed E-state index contributed by atoms with van der Waals surface area (Å²) >= 11 is 0. The molecule has 128 valence electrons. The first kappa shape index (κ1) is 17.7. The zero-order valence-corrected chi connectivity index (χ0v) is 15.0. The topological polar surface area (TPSA) is 66.8 Å². The molecule has 23 heavy (non-hydrogen) atoms. The van der Waals surface area contributed by atoms with Crippen LogP contribution in [0.15, 0.2) is 11.0 Å². The van der Waals surface area contributed by atoms with E-state index in [0.717, 1.165) is 31.8 Å². The normalized spacial score (nSPS) is 12.2. The van der Waals surface area contributed by atoms with Crippen LogP contribution in [0.2, 0.25) is 0 Å². The number of fused-ring (bicyclic) bond motifs is 1.